The summed E-state index contributed by atoms with van der Waals surface area (Å²) >= 11 is 0. The van der Waals surface area contributed by atoms with Crippen LogP contribution in [0, 0.1) is 6.92 Å². The zero-order chi connectivity index (χ0) is 13.7. The molecule has 0 atom stereocenters. The van der Waals surface area contributed by atoms with Crippen molar-refractivity contribution in [2.45, 2.75) is 25.3 Å². The third-order valence-corrected chi connectivity index (χ3v) is 3.72. The first-order valence-electron chi connectivity index (χ1n) is 6.63. The topological polar surface area (TPSA) is 77.8 Å². The highest BCUT2D eigenvalue weighted by Crippen LogP contribution is 2.41. The molecule has 0 unspecified atom stereocenters. The number of nitrogens with two attached hydrogens (primary N) is 1. The van der Waals surface area contributed by atoms with Crippen LogP contribution in [0.5, 0.6) is 0 Å². The summed E-state index contributed by atoms with van der Waals surface area (Å²) in [5, 5.41) is 0. The van der Waals surface area contributed by atoms with E-state index in [1.54, 1.807) is 0 Å². The van der Waals surface area contributed by atoms with Gasteiger partial charge in [0.15, 0.2) is 12.0 Å². The lowest BCUT2D eigenvalue weighted by Gasteiger charge is -2.10. The van der Waals surface area contributed by atoms with Gasteiger partial charge in [-0.3, -0.25) is 0 Å². The Bertz CT molecular complexity index is 804. The molecule has 2 N–H and O–H groups in total. The van der Waals surface area contributed by atoms with Gasteiger partial charge in [0.05, 0.1) is 11.2 Å². The highest BCUT2D eigenvalue weighted by Gasteiger charge is 2.43. The first kappa shape index (κ1) is 11.5. The number of hydrogen-bond donors (Lipinski definition) is 1. The van der Waals surface area contributed by atoms with Crippen LogP contribution in [0.15, 0.2) is 35.1 Å². The third kappa shape index (κ3) is 1.78. The first-order valence-corrected chi connectivity index (χ1v) is 6.63. The molecular formula is C15H14N4O. The largest absolute Gasteiger partial charge is 0.443 e. The van der Waals surface area contributed by atoms with Gasteiger partial charge in [0.2, 0.25) is 0 Å². The van der Waals surface area contributed by atoms with E-state index in [9.17, 15) is 0 Å². The van der Waals surface area contributed by atoms with Gasteiger partial charge in [0, 0.05) is 11.3 Å². The summed E-state index contributed by atoms with van der Waals surface area (Å²) in [6, 6.07) is 7.84. The summed E-state index contributed by atoms with van der Waals surface area (Å²) < 4.78 is 5.34. The molecule has 20 heavy (non-hydrogen) atoms. The second-order valence-electron chi connectivity index (χ2n) is 5.41. The van der Waals surface area contributed by atoms with Crippen molar-refractivity contribution in [1.29, 1.82) is 0 Å². The number of nitrogens with zero attached hydrogens (tertiary/aromatic N) is 3. The van der Waals surface area contributed by atoms with Crippen molar-refractivity contribution in [1.82, 2.24) is 15.0 Å². The standard InChI is InChI=1S/C15H14N4O/c1-9-6-12(19-14(18-9)15(16)4-5-15)10-2-3-11-13(7-10)20-8-17-11/h2-3,6-8H,4-5,16H2,1H3. The number of rotatable bonds is 2. The quantitative estimate of drug-likeness (QED) is 0.771. The lowest BCUT2D eigenvalue weighted by Crippen LogP contribution is -2.22. The average molecular weight is 266 g/mol. The predicted octanol–water partition coefficient (Wildman–Crippen LogP) is 2.54. The van der Waals surface area contributed by atoms with E-state index < -0.39 is 0 Å². The Balaban J connectivity index is 1.86. The molecule has 1 saturated carbocycles. The van der Waals surface area contributed by atoms with Crippen LogP contribution in [-0.4, -0.2) is 15.0 Å². The summed E-state index contributed by atoms with van der Waals surface area (Å²) in [7, 11) is 0. The lowest BCUT2D eigenvalue weighted by atomic mass is 10.1. The lowest BCUT2D eigenvalue weighted by molar-refractivity contribution is 0.602. The summed E-state index contributed by atoms with van der Waals surface area (Å²) in [5.74, 6) is 0.741. The van der Waals surface area contributed by atoms with Crippen molar-refractivity contribution >= 4 is 11.1 Å². The monoisotopic (exact) mass is 266 g/mol. The van der Waals surface area contributed by atoms with E-state index in [2.05, 4.69) is 15.0 Å². The smallest absolute Gasteiger partial charge is 0.181 e. The van der Waals surface area contributed by atoms with Gasteiger partial charge < -0.3 is 10.2 Å². The SMILES string of the molecule is Cc1cc(-c2ccc3ncoc3c2)nc(C2(N)CC2)n1. The number of oxazole rings is 1. The van der Waals surface area contributed by atoms with Gasteiger partial charge in [-0.25, -0.2) is 15.0 Å². The highest BCUT2D eigenvalue weighted by molar-refractivity contribution is 5.78. The molecule has 3 aromatic rings. The summed E-state index contributed by atoms with van der Waals surface area (Å²) in [6.45, 7) is 1.97. The van der Waals surface area contributed by atoms with E-state index in [-0.39, 0.29) is 5.54 Å². The molecule has 2 heterocycles. The minimum Gasteiger partial charge on any atom is -0.443 e. The summed E-state index contributed by atoms with van der Waals surface area (Å²) in [5.41, 5.74) is 10.3. The molecule has 1 aromatic carbocycles. The Labute approximate surface area is 115 Å². The molecule has 0 bridgehead atoms. The number of aromatic nitrogens is 3. The van der Waals surface area contributed by atoms with E-state index in [0.717, 1.165) is 46.7 Å². The Morgan fingerprint density at radius 2 is 2.05 bits per heavy atom. The number of aryl methyl sites for hydroxylation is 1. The van der Waals surface area contributed by atoms with Crippen molar-refractivity contribution < 1.29 is 4.42 Å². The van der Waals surface area contributed by atoms with E-state index in [1.165, 1.54) is 6.39 Å². The molecule has 5 nitrogen and oxygen atoms in total. The number of benzene rings is 1. The minimum atomic E-state index is -0.322. The van der Waals surface area contributed by atoms with Crippen LogP contribution in [0.1, 0.15) is 24.4 Å². The second-order valence-corrected chi connectivity index (χ2v) is 5.41. The van der Waals surface area contributed by atoms with Crippen LogP contribution in [-0.2, 0) is 5.54 Å². The fraction of sp³-hybridized carbons (Fsp3) is 0.267. The van der Waals surface area contributed by atoms with Crippen molar-refractivity contribution in [3.8, 4) is 11.3 Å². The van der Waals surface area contributed by atoms with Crippen molar-refractivity contribution in [3.05, 3.63) is 42.2 Å². The molecule has 4 rings (SSSR count). The van der Waals surface area contributed by atoms with E-state index in [0.29, 0.717) is 0 Å². The molecule has 0 amide bonds. The maximum Gasteiger partial charge on any atom is 0.181 e. The van der Waals surface area contributed by atoms with Crippen LogP contribution in [0.2, 0.25) is 0 Å². The van der Waals surface area contributed by atoms with Crippen molar-refractivity contribution in [2.24, 2.45) is 5.73 Å². The summed E-state index contributed by atoms with van der Waals surface area (Å²) in [4.78, 5) is 13.2. The van der Waals surface area contributed by atoms with Crippen LogP contribution < -0.4 is 5.73 Å². The van der Waals surface area contributed by atoms with E-state index >= 15 is 0 Å². The van der Waals surface area contributed by atoms with Gasteiger partial charge in [-0.1, -0.05) is 6.07 Å². The number of hydrogen-bond acceptors (Lipinski definition) is 5. The number of fused-ring (bicyclic) bond motifs is 1. The molecule has 1 aliphatic carbocycles. The van der Waals surface area contributed by atoms with Crippen molar-refractivity contribution in [3.63, 3.8) is 0 Å². The highest BCUT2D eigenvalue weighted by atomic mass is 16.3. The van der Waals surface area contributed by atoms with Gasteiger partial charge in [0.1, 0.15) is 11.3 Å². The Hall–Kier alpha value is -2.27. The second kappa shape index (κ2) is 3.86. The molecule has 5 heteroatoms. The average Bonchev–Trinajstić information content (AvgIpc) is 3.03. The van der Waals surface area contributed by atoms with Gasteiger partial charge in [0.25, 0.3) is 0 Å². The molecule has 0 spiro atoms. The summed E-state index contributed by atoms with van der Waals surface area (Å²) in [6.07, 6.45) is 3.36. The molecule has 100 valence electrons. The normalized spacial score (nSPS) is 16.5. The zero-order valence-corrected chi connectivity index (χ0v) is 11.1. The minimum absolute atomic E-state index is 0.322. The van der Waals surface area contributed by atoms with Gasteiger partial charge in [-0.05, 0) is 38.0 Å². The van der Waals surface area contributed by atoms with Crippen LogP contribution in [0.25, 0.3) is 22.4 Å². The fourth-order valence-electron chi connectivity index (χ4n) is 2.31. The maximum atomic E-state index is 6.20. The molecule has 0 radical (unpaired) electrons. The zero-order valence-electron chi connectivity index (χ0n) is 11.1. The van der Waals surface area contributed by atoms with Crippen molar-refractivity contribution in [2.75, 3.05) is 0 Å². The van der Waals surface area contributed by atoms with E-state index in [1.807, 2.05) is 31.2 Å². The molecule has 0 saturated heterocycles. The molecule has 2 aromatic heterocycles. The molecule has 1 aliphatic rings. The Morgan fingerprint density at radius 1 is 1.20 bits per heavy atom. The Kier molecular flexibility index (Phi) is 2.23. The Morgan fingerprint density at radius 3 is 2.85 bits per heavy atom. The van der Waals surface area contributed by atoms with Gasteiger partial charge in [-0.15, -0.1) is 0 Å². The maximum absolute atomic E-state index is 6.20. The van der Waals surface area contributed by atoms with Crippen LogP contribution in [0.3, 0.4) is 0 Å². The molecular weight excluding hydrogens is 252 g/mol. The third-order valence-electron chi connectivity index (χ3n) is 3.72. The molecule has 0 aliphatic heterocycles. The predicted molar refractivity (Wildman–Crippen MR) is 74.9 cm³/mol. The van der Waals surface area contributed by atoms with Crippen LogP contribution in [0.4, 0.5) is 0 Å². The van der Waals surface area contributed by atoms with Crippen LogP contribution >= 0.6 is 0 Å². The molecule has 1 fully saturated rings. The van der Waals surface area contributed by atoms with Gasteiger partial charge >= 0.3 is 0 Å². The van der Waals surface area contributed by atoms with E-state index in [4.69, 9.17) is 10.2 Å². The first-order chi connectivity index (χ1) is 9.64. The van der Waals surface area contributed by atoms with Gasteiger partial charge in [-0.2, -0.15) is 0 Å². The fourth-order valence-corrected chi connectivity index (χ4v) is 2.31.